The van der Waals surface area contributed by atoms with Gasteiger partial charge in [-0.05, 0) is 43.2 Å². The van der Waals surface area contributed by atoms with Gasteiger partial charge in [0, 0.05) is 39.0 Å². The molecule has 0 spiro atoms. The van der Waals surface area contributed by atoms with E-state index in [4.69, 9.17) is 9.47 Å². The molecule has 0 saturated heterocycles. The molecule has 9 heteroatoms. The summed E-state index contributed by atoms with van der Waals surface area (Å²) in [7, 11) is 3.42. The molecule has 3 atom stereocenters. The van der Waals surface area contributed by atoms with Gasteiger partial charge in [-0.15, -0.1) is 11.3 Å². The number of carbonyl (C=O) groups is 2. The fourth-order valence-electron chi connectivity index (χ4n) is 3.89. The van der Waals surface area contributed by atoms with Crippen LogP contribution in [0.25, 0.3) is 10.2 Å². The molecule has 0 aliphatic carbocycles. The number of nitrogens with zero attached hydrogens (tertiary/aromatic N) is 2. The number of anilines is 1. The number of para-hydroxylation sites is 1. The minimum absolute atomic E-state index is 0.0958. The van der Waals surface area contributed by atoms with Gasteiger partial charge in [-0.1, -0.05) is 19.1 Å². The van der Waals surface area contributed by atoms with Gasteiger partial charge in [0.1, 0.15) is 12.4 Å². The number of amides is 2. The smallest absolute Gasteiger partial charge is 0.284 e. The Kier molecular flexibility index (Phi) is 7.45. The van der Waals surface area contributed by atoms with Crippen molar-refractivity contribution in [3.63, 3.8) is 0 Å². The normalized spacial score (nSPS) is 21.8. The van der Waals surface area contributed by atoms with Gasteiger partial charge < -0.3 is 25.0 Å². The molecule has 180 valence electrons. The Morgan fingerprint density at radius 3 is 2.82 bits per heavy atom. The Balaban J connectivity index is 1.60. The molecule has 8 nitrogen and oxygen atoms in total. The predicted molar refractivity (Wildman–Crippen MR) is 134 cm³/mol. The Hall–Kier alpha value is -3.01. The first-order valence-electron chi connectivity index (χ1n) is 11.3. The Bertz CT molecular complexity index is 1150. The molecule has 0 radical (unpaired) electrons. The van der Waals surface area contributed by atoms with Crippen LogP contribution in [0, 0.1) is 5.92 Å². The molecule has 1 aliphatic heterocycles. The fraction of sp³-hybridized carbons (Fsp3) is 0.400. The molecule has 1 aliphatic rings. The number of aromatic nitrogens is 1. The van der Waals surface area contributed by atoms with Crippen LogP contribution in [0.15, 0.2) is 42.5 Å². The maximum absolute atomic E-state index is 13.4. The quantitative estimate of drug-likeness (QED) is 0.592. The molecule has 2 amide bonds. The van der Waals surface area contributed by atoms with Crippen LogP contribution in [-0.2, 0) is 4.74 Å². The van der Waals surface area contributed by atoms with Crippen LogP contribution in [0.2, 0.25) is 0 Å². The lowest BCUT2D eigenvalue weighted by Crippen LogP contribution is -2.44. The van der Waals surface area contributed by atoms with Crippen molar-refractivity contribution < 1.29 is 19.1 Å². The first-order chi connectivity index (χ1) is 16.4. The van der Waals surface area contributed by atoms with E-state index in [-0.39, 0.29) is 29.9 Å². The van der Waals surface area contributed by atoms with Crippen LogP contribution >= 0.6 is 11.3 Å². The van der Waals surface area contributed by atoms with Crippen LogP contribution in [-0.4, -0.2) is 67.7 Å². The highest BCUT2D eigenvalue weighted by molar-refractivity contribution is 7.20. The molecular formula is C25H30N4O4S. The van der Waals surface area contributed by atoms with Crippen LogP contribution < -0.4 is 15.4 Å². The lowest BCUT2D eigenvalue weighted by atomic mass is 10.0. The minimum atomic E-state index is -0.317. The summed E-state index contributed by atoms with van der Waals surface area (Å²) in [6.07, 6.45) is -0.112. The summed E-state index contributed by atoms with van der Waals surface area (Å²) >= 11 is 1.33. The summed E-state index contributed by atoms with van der Waals surface area (Å²) in [5, 5.41) is 6.71. The summed E-state index contributed by atoms with van der Waals surface area (Å²) < 4.78 is 12.6. The van der Waals surface area contributed by atoms with Gasteiger partial charge in [0.2, 0.25) is 0 Å². The number of fused-ring (bicyclic) bond motifs is 2. The van der Waals surface area contributed by atoms with E-state index in [9.17, 15) is 9.59 Å². The number of ether oxygens (including phenoxy) is 2. The monoisotopic (exact) mass is 482 g/mol. The minimum Gasteiger partial charge on any atom is -0.491 e. The molecule has 2 N–H and O–H groups in total. The van der Waals surface area contributed by atoms with Crippen molar-refractivity contribution >= 4 is 39.1 Å². The second kappa shape index (κ2) is 10.5. The predicted octanol–water partition coefficient (Wildman–Crippen LogP) is 3.64. The third kappa shape index (κ3) is 5.38. The fourth-order valence-corrected chi connectivity index (χ4v) is 4.75. The van der Waals surface area contributed by atoms with E-state index in [2.05, 4.69) is 22.5 Å². The molecule has 1 aromatic heterocycles. The van der Waals surface area contributed by atoms with Gasteiger partial charge >= 0.3 is 0 Å². The third-order valence-corrected chi connectivity index (χ3v) is 7.01. The summed E-state index contributed by atoms with van der Waals surface area (Å²) in [6.45, 7) is 5.75. The Morgan fingerprint density at radius 1 is 1.26 bits per heavy atom. The molecule has 0 unspecified atom stereocenters. The van der Waals surface area contributed by atoms with Gasteiger partial charge in [-0.25, -0.2) is 4.98 Å². The molecule has 4 rings (SSSR count). The highest BCUT2D eigenvalue weighted by Gasteiger charge is 2.26. The standard InChI is InChI=1S/C25H30N4O4S/c1-15-12-26-16(2)14-33-20-10-9-17(11-18(20)25(31)29(3)13-21(15)32-4)27-23(30)24-28-19-7-5-6-8-22(19)34-24/h5-11,15-16,21,26H,12-14H2,1-4H3,(H,27,30)/t15-,16-,21+/m1/s1. The van der Waals surface area contributed by atoms with Crippen LogP contribution in [0.4, 0.5) is 5.69 Å². The number of nitrogens with one attached hydrogen (secondary N) is 2. The summed E-state index contributed by atoms with van der Waals surface area (Å²) in [5.41, 5.74) is 1.67. The zero-order valence-corrected chi connectivity index (χ0v) is 20.6. The second-order valence-corrected chi connectivity index (χ2v) is 9.74. The second-order valence-electron chi connectivity index (χ2n) is 8.71. The number of hydrogen-bond donors (Lipinski definition) is 2. The van der Waals surface area contributed by atoms with Gasteiger partial charge in [0.05, 0.1) is 21.9 Å². The largest absolute Gasteiger partial charge is 0.491 e. The van der Waals surface area contributed by atoms with E-state index >= 15 is 0 Å². The van der Waals surface area contributed by atoms with E-state index in [0.29, 0.717) is 35.2 Å². The number of benzene rings is 2. The zero-order chi connectivity index (χ0) is 24.2. The number of methoxy groups -OCH3 is 1. The molecule has 0 fully saturated rings. The maximum Gasteiger partial charge on any atom is 0.284 e. The van der Waals surface area contributed by atoms with Crippen molar-refractivity contribution in [3.8, 4) is 5.75 Å². The van der Waals surface area contributed by atoms with Gasteiger partial charge in [0.15, 0.2) is 5.01 Å². The molecule has 2 aromatic carbocycles. The van der Waals surface area contributed by atoms with Gasteiger partial charge in [0.25, 0.3) is 11.8 Å². The van der Waals surface area contributed by atoms with E-state index in [1.807, 2.05) is 31.2 Å². The number of carbonyl (C=O) groups excluding carboxylic acids is 2. The zero-order valence-electron chi connectivity index (χ0n) is 19.8. The van der Waals surface area contributed by atoms with Crippen LogP contribution in [0.1, 0.15) is 34.0 Å². The van der Waals surface area contributed by atoms with Crippen LogP contribution in [0.3, 0.4) is 0 Å². The van der Waals surface area contributed by atoms with Crippen molar-refractivity contribution in [1.29, 1.82) is 0 Å². The maximum atomic E-state index is 13.4. The molecule has 3 aromatic rings. The first-order valence-corrected chi connectivity index (χ1v) is 12.1. The molecule has 0 saturated carbocycles. The summed E-state index contributed by atoms with van der Waals surface area (Å²) in [6, 6.07) is 12.8. The van der Waals surface area contributed by atoms with Crippen molar-refractivity contribution in [1.82, 2.24) is 15.2 Å². The molecule has 2 heterocycles. The highest BCUT2D eigenvalue weighted by atomic mass is 32.1. The summed E-state index contributed by atoms with van der Waals surface area (Å²) in [4.78, 5) is 32.3. The summed E-state index contributed by atoms with van der Waals surface area (Å²) in [5.74, 6) is 0.177. The van der Waals surface area contributed by atoms with Crippen molar-refractivity contribution in [3.05, 3.63) is 53.0 Å². The van der Waals surface area contributed by atoms with Crippen LogP contribution in [0.5, 0.6) is 5.75 Å². The lowest BCUT2D eigenvalue weighted by molar-refractivity contribution is 0.0281. The number of likely N-dealkylation sites (N-methyl/N-ethyl adjacent to an activating group) is 1. The average molecular weight is 483 g/mol. The lowest BCUT2D eigenvalue weighted by Gasteiger charge is -2.30. The molecule has 34 heavy (non-hydrogen) atoms. The molecule has 0 bridgehead atoms. The Morgan fingerprint density at radius 2 is 2.06 bits per heavy atom. The Labute approximate surface area is 203 Å². The topological polar surface area (TPSA) is 92.8 Å². The SMILES string of the molecule is CO[C@H]1CN(C)C(=O)c2cc(NC(=O)c3nc4ccccc4s3)ccc2OC[C@@H](C)NC[C@H]1C. The van der Waals surface area contributed by atoms with E-state index in [1.54, 1.807) is 37.3 Å². The number of hydrogen-bond acceptors (Lipinski definition) is 7. The van der Waals surface area contributed by atoms with Crippen molar-refractivity contribution in [2.75, 3.05) is 39.2 Å². The number of rotatable bonds is 3. The van der Waals surface area contributed by atoms with E-state index in [0.717, 1.165) is 16.8 Å². The average Bonchev–Trinajstić information content (AvgIpc) is 3.28. The highest BCUT2D eigenvalue weighted by Crippen LogP contribution is 2.27. The number of thiazole rings is 1. The van der Waals surface area contributed by atoms with Gasteiger partial charge in [-0.3, -0.25) is 9.59 Å². The van der Waals surface area contributed by atoms with E-state index < -0.39 is 0 Å². The first kappa shape index (κ1) is 24.1. The van der Waals surface area contributed by atoms with Crippen molar-refractivity contribution in [2.45, 2.75) is 26.0 Å². The van der Waals surface area contributed by atoms with Gasteiger partial charge in [-0.2, -0.15) is 0 Å². The molecular weight excluding hydrogens is 452 g/mol. The van der Waals surface area contributed by atoms with Crippen molar-refractivity contribution in [2.24, 2.45) is 5.92 Å². The van der Waals surface area contributed by atoms with E-state index in [1.165, 1.54) is 11.3 Å². The third-order valence-electron chi connectivity index (χ3n) is 5.97.